The van der Waals surface area contributed by atoms with Crippen LogP contribution in [0.3, 0.4) is 0 Å². The normalized spacial score (nSPS) is 19.1. The number of halogens is 2. The van der Waals surface area contributed by atoms with Crippen LogP contribution in [0, 0.1) is 11.3 Å². The van der Waals surface area contributed by atoms with Gasteiger partial charge >= 0.3 is 0 Å². The zero-order valence-electron chi connectivity index (χ0n) is 8.97. The summed E-state index contributed by atoms with van der Waals surface area (Å²) in [5.74, 6) is 0. The number of nitrogens with zero attached hydrogens (tertiary/aromatic N) is 1. The van der Waals surface area contributed by atoms with Crippen molar-refractivity contribution < 1.29 is 0 Å². The summed E-state index contributed by atoms with van der Waals surface area (Å²) in [7, 11) is 0. The number of nitriles is 1. The molecule has 1 fully saturated rings. The van der Waals surface area contributed by atoms with E-state index in [-0.39, 0.29) is 5.41 Å². The van der Waals surface area contributed by atoms with E-state index in [2.05, 4.69) is 6.07 Å². The molecule has 0 radical (unpaired) electrons. The van der Waals surface area contributed by atoms with Crippen molar-refractivity contribution in [3.05, 3.63) is 33.8 Å². The Bertz CT molecular complexity index is 428. The van der Waals surface area contributed by atoms with Crippen molar-refractivity contribution in [3.8, 4) is 6.07 Å². The van der Waals surface area contributed by atoms with Crippen molar-refractivity contribution in [1.82, 2.24) is 0 Å². The van der Waals surface area contributed by atoms with Gasteiger partial charge in [0.2, 0.25) is 0 Å². The minimum absolute atomic E-state index is 0.341. The average Bonchev–Trinajstić information content (AvgIpc) is 2.33. The highest BCUT2D eigenvalue weighted by atomic mass is 35.5. The zero-order chi connectivity index (χ0) is 11.6. The fraction of sp³-hybridized carbons (Fsp3) is 0.462. The predicted molar refractivity (Wildman–Crippen MR) is 66.8 cm³/mol. The number of rotatable bonds is 1. The molecule has 1 aromatic rings. The van der Waals surface area contributed by atoms with Crippen LogP contribution in [-0.4, -0.2) is 0 Å². The molecule has 1 aromatic carbocycles. The van der Waals surface area contributed by atoms with Crippen molar-refractivity contribution in [1.29, 1.82) is 5.26 Å². The number of benzene rings is 1. The van der Waals surface area contributed by atoms with Crippen LogP contribution in [0.1, 0.15) is 37.7 Å². The second-order valence-corrected chi connectivity index (χ2v) is 5.20. The van der Waals surface area contributed by atoms with Gasteiger partial charge in [0.05, 0.1) is 21.5 Å². The van der Waals surface area contributed by atoms with E-state index in [1.807, 2.05) is 12.1 Å². The van der Waals surface area contributed by atoms with Gasteiger partial charge in [-0.3, -0.25) is 0 Å². The van der Waals surface area contributed by atoms with Gasteiger partial charge in [0.1, 0.15) is 0 Å². The third-order valence-electron chi connectivity index (χ3n) is 3.39. The molecule has 1 saturated carbocycles. The van der Waals surface area contributed by atoms with Crippen LogP contribution >= 0.6 is 23.2 Å². The van der Waals surface area contributed by atoms with E-state index in [0.717, 1.165) is 31.2 Å². The lowest BCUT2D eigenvalue weighted by molar-refractivity contribution is 0.366. The molecule has 1 nitrogen and oxygen atoms in total. The van der Waals surface area contributed by atoms with Gasteiger partial charge in [0.15, 0.2) is 0 Å². The molecule has 0 aromatic heterocycles. The molecule has 84 valence electrons. The van der Waals surface area contributed by atoms with E-state index in [0.29, 0.717) is 10.0 Å². The summed E-state index contributed by atoms with van der Waals surface area (Å²) in [6.45, 7) is 0. The molecule has 2 rings (SSSR count). The molecular weight excluding hydrogens is 241 g/mol. The minimum Gasteiger partial charge on any atom is -0.197 e. The van der Waals surface area contributed by atoms with Gasteiger partial charge in [-0.05, 0) is 30.5 Å². The van der Waals surface area contributed by atoms with Crippen molar-refractivity contribution in [2.45, 2.75) is 37.5 Å². The first-order valence-electron chi connectivity index (χ1n) is 5.55. The van der Waals surface area contributed by atoms with Gasteiger partial charge in [0.25, 0.3) is 0 Å². The van der Waals surface area contributed by atoms with Gasteiger partial charge in [-0.2, -0.15) is 5.26 Å². The molecule has 0 saturated heterocycles. The lowest BCUT2D eigenvalue weighted by Gasteiger charge is -2.31. The molecule has 1 aliphatic carbocycles. The third-order valence-corrected chi connectivity index (χ3v) is 4.13. The first-order chi connectivity index (χ1) is 7.68. The van der Waals surface area contributed by atoms with E-state index in [9.17, 15) is 5.26 Å². The Morgan fingerprint density at radius 3 is 2.31 bits per heavy atom. The quantitative estimate of drug-likeness (QED) is 0.711. The standard InChI is InChI=1S/C13H13Cl2N/c14-11-5-4-10(8-12(11)15)13(9-16)6-2-1-3-7-13/h4-5,8H,1-3,6-7H2. The number of hydrogen-bond acceptors (Lipinski definition) is 1. The fourth-order valence-corrected chi connectivity index (χ4v) is 2.71. The van der Waals surface area contributed by atoms with Crippen molar-refractivity contribution in [2.24, 2.45) is 0 Å². The first-order valence-corrected chi connectivity index (χ1v) is 6.30. The summed E-state index contributed by atoms with van der Waals surface area (Å²) >= 11 is 11.9. The van der Waals surface area contributed by atoms with Crippen molar-refractivity contribution in [3.63, 3.8) is 0 Å². The SMILES string of the molecule is N#CC1(c2ccc(Cl)c(Cl)c2)CCCCC1. The highest BCUT2D eigenvalue weighted by molar-refractivity contribution is 6.42. The molecule has 0 N–H and O–H groups in total. The van der Waals surface area contributed by atoms with E-state index in [4.69, 9.17) is 23.2 Å². The van der Waals surface area contributed by atoms with Crippen LogP contribution in [0.25, 0.3) is 0 Å². The topological polar surface area (TPSA) is 23.8 Å². The summed E-state index contributed by atoms with van der Waals surface area (Å²) in [4.78, 5) is 0. The Hall–Kier alpha value is -0.710. The molecule has 3 heteroatoms. The van der Waals surface area contributed by atoms with Crippen molar-refractivity contribution in [2.75, 3.05) is 0 Å². The van der Waals surface area contributed by atoms with Crippen LogP contribution in [0.2, 0.25) is 10.0 Å². The molecule has 0 aliphatic heterocycles. The van der Waals surface area contributed by atoms with E-state index in [1.165, 1.54) is 6.42 Å². The number of hydrogen-bond donors (Lipinski definition) is 0. The van der Waals surface area contributed by atoms with Gasteiger partial charge in [-0.15, -0.1) is 0 Å². The largest absolute Gasteiger partial charge is 0.197 e. The summed E-state index contributed by atoms with van der Waals surface area (Å²) in [5, 5.41) is 10.5. The van der Waals surface area contributed by atoms with Gasteiger partial charge in [-0.25, -0.2) is 0 Å². The van der Waals surface area contributed by atoms with Crippen LogP contribution < -0.4 is 0 Å². The molecule has 0 bridgehead atoms. The van der Waals surface area contributed by atoms with Crippen molar-refractivity contribution >= 4 is 23.2 Å². The van der Waals surface area contributed by atoms with E-state index < -0.39 is 0 Å². The highest BCUT2D eigenvalue weighted by Gasteiger charge is 2.34. The van der Waals surface area contributed by atoms with Crippen LogP contribution in [-0.2, 0) is 5.41 Å². The molecular formula is C13H13Cl2N. The molecule has 1 aliphatic rings. The van der Waals surface area contributed by atoms with Crippen LogP contribution in [0.4, 0.5) is 0 Å². The molecule has 0 heterocycles. The summed E-state index contributed by atoms with van der Waals surface area (Å²) in [5.41, 5.74) is 0.677. The second-order valence-electron chi connectivity index (χ2n) is 4.38. The van der Waals surface area contributed by atoms with Gasteiger partial charge in [-0.1, -0.05) is 48.5 Å². The summed E-state index contributed by atoms with van der Waals surface area (Å²) < 4.78 is 0. The zero-order valence-corrected chi connectivity index (χ0v) is 10.5. The Morgan fingerprint density at radius 1 is 1.06 bits per heavy atom. The van der Waals surface area contributed by atoms with Crippen LogP contribution in [0.15, 0.2) is 18.2 Å². The lowest BCUT2D eigenvalue weighted by atomic mass is 9.70. The highest BCUT2D eigenvalue weighted by Crippen LogP contribution is 2.40. The monoisotopic (exact) mass is 253 g/mol. The molecule has 0 spiro atoms. The van der Waals surface area contributed by atoms with Crippen LogP contribution in [0.5, 0.6) is 0 Å². The smallest absolute Gasteiger partial charge is 0.0823 e. The molecule has 16 heavy (non-hydrogen) atoms. The van der Waals surface area contributed by atoms with Gasteiger partial charge < -0.3 is 0 Å². The molecule has 0 atom stereocenters. The Labute approximate surface area is 106 Å². The minimum atomic E-state index is -0.341. The van der Waals surface area contributed by atoms with E-state index in [1.54, 1.807) is 6.07 Å². The van der Waals surface area contributed by atoms with E-state index >= 15 is 0 Å². The molecule has 0 amide bonds. The first kappa shape index (κ1) is 11.8. The maximum atomic E-state index is 9.43. The second kappa shape index (κ2) is 4.65. The summed E-state index contributed by atoms with van der Waals surface area (Å²) in [6.07, 6.45) is 5.33. The Morgan fingerprint density at radius 2 is 1.75 bits per heavy atom. The maximum absolute atomic E-state index is 9.43. The lowest BCUT2D eigenvalue weighted by Crippen LogP contribution is -2.26. The Balaban J connectivity index is 2.40. The average molecular weight is 254 g/mol. The predicted octanol–water partition coefficient (Wildman–Crippen LogP) is 4.72. The van der Waals surface area contributed by atoms with Gasteiger partial charge in [0, 0.05) is 0 Å². The molecule has 0 unspecified atom stereocenters. The fourth-order valence-electron chi connectivity index (χ4n) is 2.41. The Kier molecular flexibility index (Phi) is 3.42. The summed E-state index contributed by atoms with van der Waals surface area (Å²) in [6, 6.07) is 8.04. The maximum Gasteiger partial charge on any atom is 0.0823 e. The third kappa shape index (κ3) is 2.05.